The Bertz CT molecular complexity index is 1070. The standard InChI is InChI=1S/C23H26ClN5O2/c1-28(23(31)26-14-19-12-16-11-17(24)7-8-21(16)27-19)20-6-4-10-29(15-20)22(30)13-18-5-2-3-9-25-18/h2-3,5,7-9,11-12,20,27H,4,6,10,13-15H2,1H3,(H,26,31)/t20-/m1/s1. The van der Waals surface area contributed by atoms with Crippen LogP contribution in [0.15, 0.2) is 48.7 Å². The number of hydrogen-bond acceptors (Lipinski definition) is 3. The Morgan fingerprint density at radius 3 is 2.97 bits per heavy atom. The third-order valence-corrected chi connectivity index (χ3v) is 5.98. The second kappa shape index (κ2) is 9.39. The first-order chi connectivity index (χ1) is 15.0. The first kappa shape index (κ1) is 21.2. The number of piperidine rings is 1. The number of halogens is 1. The van der Waals surface area contributed by atoms with E-state index in [0.717, 1.165) is 41.7 Å². The molecule has 0 radical (unpaired) electrons. The number of amides is 3. The van der Waals surface area contributed by atoms with Crippen LogP contribution in [-0.4, -0.2) is 57.9 Å². The molecule has 1 aliphatic rings. The number of fused-ring (bicyclic) bond motifs is 1. The summed E-state index contributed by atoms with van der Waals surface area (Å²) in [4.78, 5) is 36.5. The van der Waals surface area contributed by atoms with Crippen molar-refractivity contribution in [1.29, 1.82) is 0 Å². The average Bonchev–Trinajstić information content (AvgIpc) is 3.19. The highest BCUT2D eigenvalue weighted by atomic mass is 35.5. The molecule has 2 aromatic heterocycles. The van der Waals surface area contributed by atoms with Crippen LogP contribution in [0.4, 0.5) is 4.79 Å². The maximum Gasteiger partial charge on any atom is 0.317 e. The fourth-order valence-electron chi connectivity index (χ4n) is 3.99. The lowest BCUT2D eigenvalue weighted by Gasteiger charge is -2.37. The lowest BCUT2D eigenvalue weighted by atomic mass is 10.0. The first-order valence-corrected chi connectivity index (χ1v) is 10.8. The van der Waals surface area contributed by atoms with Crippen molar-refractivity contribution in [1.82, 2.24) is 25.1 Å². The molecule has 3 heterocycles. The van der Waals surface area contributed by atoms with Gasteiger partial charge in [-0.2, -0.15) is 0 Å². The molecule has 1 saturated heterocycles. The molecule has 1 atom stereocenters. The van der Waals surface area contributed by atoms with Crippen molar-refractivity contribution in [3.63, 3.8) is 0 Å². The molecule has 0 aliphatic carbocycles. The van der Waals surface area contributed by atoms with E-state index in [9.17, 15) is 9.59 Å². The van der Waals surface area contributed by atoms with Crippen LogP contribution in [0, 0.1) is 0 Å². The normalized spacial score (nSPS) is 16.3. The highest BCUT2D eigenvalue weighted by molar-refractivity contribution is 6.31. The third-order valence-electron chi connectivity index (χ3n) is 5.74. The fraction of sp³-hybridized carbons (Fsp3) is 0.348. The zero-order valence-electron chi connectivity index (χ0n) is 17.5. The number of carbonyl (C=O) groups is 2. The van der Waals surface area contributed by atoms with E-state index in [4.69, 9.17) is 11.6 Å². The van der Waals surface area contributed by atoms with E-state index < -0.39 is 0 Å². The van der Waals surface area contributed by atoms with E-state index in [1.165, 1.54) is 0 Å². The van der Waals surface area contributed by atoms with E-state index >= 15 is 0 Å². The van der Waals surface area contributed by atoms with Gasteiger partial charge in [-0.1, -0.05) is 17.7 Å². The number of aromatic nitrogens is 2. The van der Waals surface area contributed by atoms with Crippen LogP contribution >= 0.6 is 11.6 Å². The first-order valence-electron chi connectivity index (χ1n) is 10.4. The van der Waals surface area contributed by atoms with Crippen molar-refractivity contribution in [2.24, 2.45) is 0 Å². The summed E-state index contributed by atoms with van der Waals surface area (Å²) in [6.45, 7) is 1.65. The molecule has 0 saturated carbocycles. The number of benzene rings is 1. The molecule has 31 heavy (non-hydrogen) atoms. The van der Waals surface area contributed by atoms with Gasteiger partial charge in [0, 0.05) is 53.6 Å². The van der Waals surface area contributed by atoms with Crippen molar-refractivity contribution in [2.75, 3.05) is 20.1 Å². The molecule has 2 N–H and O–H groups in total. The Kier molecular flexibility index (Phi) is 6.42. The summed E-state index contributed by atoms with van der Waals surface area (Å²) in [6.07, 6.45) is 3.73. The molecule has 1 aliphatic heterocycles. The van der Waals surface area contributed by atoms with Gasteiger partial charge < -0.3 is 20.1 Å². The number of aromatic amines is 1. The van der Waals surface area contributed by atoms with Gasteiger partial charge in [0.2, 0.25) is 5.91 Å². The molecule has 1 fully saturated rings. The van der Waals surface area contributed by atoms with Gasteiger partial charge in [0.25, 0.3) is 0 Å². The van der Waals surface area contributed by atoms with E-state index in [2.05, 4.69) is 15.3 Å². The van der Waals surface area contributed by atoms with Crippen LogP contribution in [0.5, 0.6) is 0 Å². The number of H-pyrrole nitrogens is 1. The second-order valence-corrected chi connectivity index (χ2v) is 8.37. The summed E-state index contributed by atoms with van der Waals surface area (Å²) in [5.74, 6) is 0.0499. The van der Waals surface area contributed by atoms with Gasteiger partial charge in [0.1, 0.15) is 0 Å². The number of pyridine rings is 1. The van der Waals surface area contributed by atoms with Crippen LogP contribution in [0.25, 0.3) is 10.9 Å². The Morgan fingerprint density at radius 2 is 2.16 bits per heavy atom. The monoisotopic (exact) mass is 439 g/mol. The van der Waals surface area contributed by atoms with Crippen molar-refractivity contribution in [3.8, 4) is 0 Å². The Labute approximate surface area is 186 Å². The maximum absolute atomic E-state index is 12.7. The van der Waals surface area contributed by atoms with Gasteiger partial charge >= 0.3 is 6.03 Å². The largest absolute Gasteiger partial charge is 0.357 e. The third kappa shape index (κ3) is 5.17. The van der Waals surface area contributed by atoms with Gasteiger partial charge in [-0.25, -0.2) is 4.79 Å². The van der Waals surface area contributed by atoms with E-state index in [-0.39, 0.29) is 24.4 Å². The maximum atomic E-state index is 12.7. The van der Waals surface area contributed by atoms with Crippen LogP contribution in [0.3, 0.4) is 0 Å². The van der Waals surface area contributed by atoms with Gasteiger partial charge in [0.15, 0.2) is 0 Å². The van der Waals surface area contributed by atoms with Gasteiger partial charge in [-0.3, -0.25) is 9.78 Å². The average molecular weight is 440 g/mol. The molecule has 4 rings (SSSR count). The summed E-state index contributed by atoms with van der Waals surface area (Å²) in [5.41, 5.74) is 2.66. The summed E-state index contributed by atoms with van der Waals surface area (Å²) in [5, 5.41) is 4.66. The van der Waals surface area contributed by atoms with Crippen molar-refractivity contribution in [3.05, 3.63) is 65.1 Å². The quantitative estimate of drug-likeness (QED) is 0.637. The predicted molar refractivity (Wildman–Crippen MR) is 121 cm³/mol. The molecule has 3 aromatic rings. The summed E-state index contributed by atoms with van der Waals surface area (Å²) >= 11 is 6.04. The summed E-state index contributed by atoms with van der Waals surface area (Å²) < 4.78 is 0. The summed E-state index contributed by atoms with van der Waals surface area (Å²) in [7, 11) is 1.79. The molecule has 0 spiro atoms. The van der Waals surface area contributed by atoms with Gasteiger partial charge in [0.05, 0.1) is 19.0 Å². The molecule has 0 unspecified atom stereocenters. The minimum absolute atomic E-state index is 0.0112. The number of likely N-dealkylation sites (N-methyl/N-ethyl adjacent to an activating group) is 1. The summed E-state index contributed by atoms with van der Waals surface area (Å²) in [6, 6.07) is 13.1. The minimum Gasteiger partial charge on any atom is -0.357 e. The lowest BCUT2D eigenvalue weighted by Crippen LogP contribution is -2.52. The molecule has 1 aromatic carbocycles. The smallest absolute Gasteiger partial charge is 0.317 e. The highest BCUT2D eigenvalue weighted by Gasteiger charge is 2.28. The number of likely N-dealkylation sites (tertiary alicyclic amines) is 1. The Hall–Kier alpha value is -3.06. The molecular weight excluding hydrogens is 414 g/mol. The predicted octanol–water partition coefficient (Wildman–Crippen LogP) is 3.59. The van der Waals surface area contributed by atoms with Crippen molar-refractivity contribution < 1.29 is 9.59 Å². The van der Waals surface area contributed by atoms with Crippen LogP contribution < -0.4 is 5.32 Å². The highest BCUT2D eigenvalue weighted by Crippen LogP contribution is 2.20. The van der Waals surface area contributed by atoms with Crippen LogP contribution in [0.1, 0.15) is 24.2 Å². The Balaban J connectivity index is 1.31. The molecule has 7 nitrogen and oxygen atoms in total. The number of nitrogens with zero attached hydrogens (tertiary/aromatic N) is 3. The molecular formula is C23H26ClN5O2. The molecule has 0 bridgehead atoms. The number of hydrogen-bond donors (Lipinski definition) is 2. The number of rotatable bonds is 5. The van der Waals surface area contributed by atoms with Gasteiger partial charge in [-0.05, 0) is 49.2 Å². The zero-order valence-corrected chi connectivity index (χ0v) is 18.2. The van der Waals surface area contributed by atoms with Crippen LogP contribution in [-0.2, 0) is 17.8 Å². The molecule has 3 amide bonds. The lowest BCUT2D eigenvalue weighted by molar-refractivity contribution is -0.132. The van der Waals surface area contributed by atoms with E-state index in [1.807, 2.05) is 47.4 Å². The molecule has 162 valence electrons. The van der Waals surface area contributed by atoms with E-state index in [1.54, 1.807) is 18.1 Å². The fourth-order valence-corrected chi connectivity index (χ4v) is 4.17. The zero-order chi connectivity index (χ0) is 21.8. The minimum atomic E-state index is -0.152. The topological polar surface area (TPSA) is 81.3 Å². The van der Waals surface area contributed by atoms with E-state index in [0.29, 0.717) is 18.1 Å². The number of carbonyl (C=O) groups excluding carboxylic acids is 2. The second-order valence-electron chi connectivity index (χ2n) is 7.93. The van der Waals surface area contributed by atoms with Crippen molar-refractivity contribution in [2.45, 2.75) is 31.8 Å². The Morgan fingerprint density at radius 1 is 1.29 bits per heavy atom. The molecule has 8 heteroatoms. The number of urea groups is 1. The number of nitrogens with one attached hydrogen (secondary N) is 2. The van der Waals surface area contributed by atoms with Gasteiger partial charge in [-0.15, -0.1) is 0 Å². The SMILES string of the molecule is CN(C(=O)NCc1cc2cc(Cl)ccc2[nH]1)[C@@H]1CCCN(C(=O)Cc2ccccn2)C1. The van der Waals surface area contributed by atoms with Crippen LogP contribution in [0.2, 0.25) is 5.02 Å². The van der Waals surface area contributed by atoms with Crippen molar-refractivity contribution >= 4 is 34.4 Å².